The zero-order chi connectivity index (χ0) is 23.1. The maximum Gasteiger partial charge on any atom is 0.338 e. The standard InChI is InChI=1S/C24H23Cl3N2O3/c1-2-3-15-32-22(31)17-11-13-18(14-12-17)28-23(24(25,26)27)29-21(30)20-10-6-8-16-7-4-5-9-19(16)20/h4-14,23,28H,2-3,15H2,1H3,(H,29,30)/t23-/m1/s1. The topological polar surface area (TPSA) is 67.4 Å². The van der Waals surface area contributed by atoms with Crippen LogP contribution >= 0.6 is 34.8 Å². The molecule has 32 heavy (non-hydrogen) atoms. The van der Waals surface area contributed by atoms with Gasteiger partial charge in [-0.3, -0.25) is 4.79 Å². The maximum atomic E-state index is 13.0. The van der Waals surface area contributed by atoms with E-state index in [1.807, 2.05) is 37.3 Å². The van der Waals surface area contributed by atoms with Crippen LogP contribution in [0.4, 0.5) is 5.69 Å². The van der Waals surface area contributed by atoms with Gasteiger partial charge in [0.2, 0.25) is 3.79 Å². The fourth-order valence-corrected chi connectivity index (χ4v) is 3.42. The monoisotopic (exact) mass is 492 g/mol. The lowest BCUT2D eigenvalue weighted by molar-refractivity contribution is 0.0499. The number of nitrogens with one attached hydrogen (secondary N) is 2. The average molecular weight is 494 g/mol. The zero-order valence-corrected chi connectivity index (χ0v) is 19.7. The minimum absolute atomic E-state index is 0.380. The molecule has 0 bridgehead atoms. The second-order valence-electron chi connectivity index (χ2n) is 7.19. The number of anilines is 1. The molecule has 0 fully saturated rings. The van der Waals surface area contributed by atoms with Crippen molar-refractivity contribution in [3.8, 4) is 0 Å². The SMILES string of the molecule is CCCCOC(=O)c1ccc(N[C@H](NC(=O)c2cccc3ccccc23)C(Cl)(Cl)Cl)cc1. The van der Waals surface area contributed by atoms with Crippen LogP contribution in [0.2, 0.25) is 0 Å². The van der Waals surface area contributed by atoms with Gasteiger partial charge in [0, 0.05) is 11.3 Å². The van der Waals surface area contributed by atoms with E-state index >= 15 is 0 Å². The third-order valence-corrected chi connectivity index (χ3v) is 5.45. The van der Waals surface area contributed by atoms with Crippen LogP contribution in [0.5, 0.6) is 0 Å². The first kappa shape index (κ1) is 24.2. The van der Waals surface area contributed by atoms with E-state index in [9.17, 15) is 9.59 Å². The fraction of sp³-hybridized carbons (Fsp3) is 0.250. The molecule has 0 aliphatic carbocycles. The lowest BCUT2D eigenvalue weighted by atomic mass is 10.0. The summed E-state index contributed by atoms with van der Waals surface area (Å²) in [5.41, 5.74) is 1.44. The van der Waals surface area contributed by atoms with Crippen LogP contribution in [-0.2, 0) is 4.74 Å². The first-order valence-corrected chi connectivity index (χ1v) is 11.3. The normalized spacial score (nSPS) is 12.2. The predicted molar refractivity (Wildman–Crippen MR) is 131 cm³/mol. The molecule has 0 aromatic heterocycles. The summed E-state index contributed by atoms with van der Waals surface area (Å²) < 4.78 is 3.37. The Bertz CT molecular complexity index is 1080. The molecule has 0 unspecified atom stereocenters. The molecule has 3 aromatic rings. The van der Waals surface area contributed by atoms with E-state index in [1.165, 1.54) is 0 Å². The third kappa shape index (κ3) is 6.28. The molecule has 0 radical (unpaired) electrons. The molecule has 5 nitrogen and oxygen atoms in total. The molecule has 0 aliphatic rings. The van der Waals surface area contributed by atoms with Gasteiger partial charge in [-0.05, 0) is 47.5 Å². The minimum Gasteiger partial charge on any atom is -0.462 e. The number of fused-ring (bicyclic) bond motifs is 1. The molecule has 0 saturated heterocycles. The number of halogens is 3. The van der Waals surface area contributed by atoms with Crippen molar-refractivity contribution in [2.45, 2.75) is 29.7 Å². The molecule has 8 heteroatoms. The van der Waals surface area contributed by atoms with Crippen LogP contribution in [-0.4, -0.2) is 28.4 Å². The van der Waals surface area contributed by atoms with E-state index < -0.39 is 15.9 Å². The summed E-state index contributed by atoms with van der Waals surface area (Å²) in [7, 11) is 0. The summed E-state index contributed by atoms with van der Waals surface area (Å²) in [4.78, 5) is 25.0. The van der Waals surface area contributed by atoms with Crippen LogP contribution in [0.3, 0.4) is 0 Å². The van der Waals surface area contributed by atoms with Crippen LogP contribution in [0.25, 0.3) is 10.8 Å². The Morgan fingerprint density at radius 1 is 0.969 bits per heavy atom. The maximum absolute atomic E-state index is 13.0. The van der Waals surface area contributed by atoms with Gasteiger partial charge in [-0.1, -0.05) is 84.5 Å². The average Bonchev–Trinajstić information content (AvgIpc) is 2.78. The summed E-state index contributed by atoms with van der Waals surface area (Å²) in [5.74, 6) is -0.783. The molecule has 3 rings (SSSR count). The number of amides is 1. The first-order valence-electron chi connectivity index (χ1n) is 10.2. The van der Waals surface area contributed by atoms with E-state index in [0.717, 1.165) is 23.6 Å². The Morgan fingerprint density at radius 3 is 2.34 bits per heavy atom. The van der Waals surface area contributed by atoms with Crippen molar-refractivity contribution >= 4 is 63.1 Å². The van der Waals surface area contributed by atoms with Gasteiger partial charge in [-0.25, -0.2) is 4.79 Å². The Hall–Kier alpha value is -2.47. The van der Waals surface area contributed by atoms with Crippen molar-refractivity contribution in [2.24, 2.45) is 0 Å². The number of alkyl halides is 3. The quantitative estimate of drug-likeness (QED) is 0.166. The smallest absolute Gasteiger partial charge is 0.338 e. The number of carbonyl (C=O) groups excluding carboxylic acids is 2. The highest BCUT2D eigenvalue weighted by Gasteiger charge is 2.34. The van der Waals surface area contributed by atoms with Crippen molar-refractivity contribution in [3.63, 3.8) is 0 Å². The molecule has 3 aromatic carbocycles. The number of unbranched alkanes of at least 4 members (excludes halogenated alkanes) is 1. The lowest BCUT2D eigenvalue weighted by Crippen LogP contribution is -2.49. The Labute approximate surface area is 202 Å². The second kappa shape index (κ2) is 10.9. The summed E-state index contributed by atoms with van der Waals surface area (Å²) >= 11 is 18.4. The van der Waals surface area contributed by atoms with Crippen LogP contribution in [0, 0.1) is 0 Å². The molecule has 1 amide bonds. The Morgan fingerprint density at radius 2 is 1.66 bits per heavy atom. The van der Waals surface area contributed by atoms with Gasteiger partial charge in [0.05, 0.1) is 12.2 Å². The Kier molecular flexibility index (Phi) is 8.24. The van der Waals surface area contributed by atoms with E-state index in [-0.39, 0.29) is 5.91 Å². The summed E-state index contributed by atoms with van der Waals surface area (Å²) in [5, 5.41) is 7.48. The molecule has 0 spiro atoms. The minimum atomic E-state index is -1.84. The number of carbonyl (C=O) groups is 2. The van der Waals surface area contributed by atoms with Gasteiger partial charge in [-0.2, -0.15) is 0 Å². The summed E-state index contributed by atoms with van der Waals surface area (Å²) in [6.07, 6.45) is 0.729. The second-order valence-corrected chi connectivity index (χ2v) is 9.55. The van der Waals surface area contributed by atoms with Crippen molar-refractivity contribution < 1.29 is 14.3 Å². The van der Waals surface area contributed by atoms with E-state index in [4.69, 9.17) is 39.5 Å². The number of esters is 1. The highest BCUT2D eigenvalue weighted by molar-refractivity contribution is 6.68. The van der Waals surface area contributed by atoms with Gasteiger partial charge in [-0.15, -0.1) is 0 Å². The van der Waals surface area contributed by atoms with Crippen LogP contribution in [0.1, 0.15) is 40.5 Å². The van der Waals surface area contributed by atoms with E-state index in [1.54, 1.807) is 36.4 Å². The van der Waals surface area contributed by atoms with Crippen molar-refractivity contribution in [2.75, 3.05) is 11.9 Å². The number of rotatable bonds is 8. The van der Waals surface area contributed by atoms with E-state index in [0.29, 0.717) is 23.4 Å². The number of benzene rings is 3. The predicted octanol–water partition coefficient (Wildman–Crippen LogP) is 6.33. The van der Waals surface area contributed by atoms with Crippen LogP contribution in [0.15, 0.2) is 66.7 Å². The first-order chi connectivity index (χ1) is 15.3. The largest absolute Gasteiger partial charge is 0.462 e. The molecule has 1 atom stereocenters. The molecule has 168 valence electrons. The summed E-state index contributed by atoms with van der Waals surface area (Å²) in [6, 6.07) is 19.5. The zero-order valence-electron chi connectivity index (χ0n) is 17.4. The van der Waals surface area contributed by atoms with Crippen molar-refractivity contribution in [1.29, 1.82) is 0 Å². The molecule has 0 heterocycles. The van der Waals surface area contributed by atoms with E-state index in [2.05, 4.69) is 10.6 Å². The fourth-order valence-electron chi connectivity index (χ4n) is 3.09. The number of hydrogen-bond donors (Lipinski definition) is 2. The molecular weight excluding hydrogens is 471 g/mol. The molecule has 2 N–H and O–H groups in total. The van der Waals surface area contributed by atoms with Crippen molar-refractivity contribution in [3.05, 3.63) is 77.9 Å². The van der Waals surface area contributed by atoms with Gasteiger partial charge in [0.15, 0.2) is 0 Å². The highest BCUT2D eigenvalue weighted by atomic mass is 35.6. The Balaban J connectivity index is 1.73. The molecule has 0 saturated carbocycles. The van der Waals surface area contributed by atoms with Gasteiger partial charge in [0.1, 0.15) is 6.17 Å². The number of ether oxygens (including phenoxy) is 1. The summed E-state index contributed by atoms with van der Waals surface area (Å²) in [6.45, 7) is 2.40. The molecular formula is C24H23Cl3N2O3. The number of hydrogen-bond acceptors (Lipinski definition) is 4. The van der Waals surface area contributed by atoms with Crippen LogP contribution < -0.4 is 10.6 Å². The van der Waals surface area contributed by atoms with Gasteiger partial charge < -0.3 is 15.4 Å². The lowest BCUT2D eigenvalue weighted by Gasteiger charge is -2.27. The van der Waals surface area contributed by atoms with Gasteiger partial charge >= 0.3 is 5.97 Å². The molecule has 0 aliphatic heterocycles. The van der Waals surface area contributed by atoms with Crippen molar-refractivity contribution in [1.82, 2.24) is 5.32 Å². The van der Waals surface area contributed by atoms with Gasteiger partial charge in [0.25, 0.3) is 5.91 Å². The third-order valence-electron chi connectivity index (χ3n) is 4.80. The highest BCUT2D eigenvalue weighted by Crippen LogP contribution is 2.31.